The Hall–Kier alpha value is -1.02. The second kappa shape index (κ2) is 5.95. The predicted molar refractivity (Wildman–Crippen MR) is 62.4 cm³/mol. The molecule has 2 nitrogen and oxygen atoms in total. The van der Waals surface area contributed by atoms with Crippen molar-refractivity contribution >= 4 is 25.9 Å². The molecule has 9 heteroatoms. The zero-order chi connectivity index (χ0) is 14.8. The third-order valence-corrected chi connectivity index (χ3v) is 3.45. The molecule has 0 aliphatic carbocycles. The van der Waals surface area contributed by atoms with Crippen molar-refractivity contribution in [1.29, 1.82) is 0 Å². The standard InChI is InChI=1S/C10H10ClF5O2Si/c1-3-17-8-5(11)6(12)7(13)10(19(14,15)16)9(8)18-4-2/h3-4H2,1-2H3. The molecule has 0 aliphatic rings. The third-order valence-electron chi connectivity index (χ3n) is 2.10. The van der Waals surface area contributed by atoms with E-state index < -0.39 is 42.4 Å². The number of hydrogen-bond acceptors (Lipinski definition) is 2. The molecule has 0 saturated heterocycles. The van der Waals surface area contributed by atoms with E-state index in [0.29, 0.717) is 0 Å². The zero-order valence-corrected chi connectivity index (χ0v) is 11.8. The summed E-state index contributed by atoms with van der Waals surface area (Å²) < 4.78 is 75.3. The van der Waals surface area contributed by atoms with Crippen LogP contribution in [0.3, 0.4) is 0 Å². The average molecular weight is 321 g/mol. The predicted octanol–water partition coefficient (Wildman–Crippen LogP) is 3.47. The fraction of sp³-hybridized carbons (Fsp3) is 0.400. The highest BCUT2D eigenvalue weighted by atomic mass is 35.5. The normalized spacial score (nSPS) is 11.6. The molecular formula is C10H10ClF5O2Si. The summed E-state index contributed by atoms with van der Waals surface area (Å²) >= 11 is 5.47. The molecular weight excluding hydrogens is 311 g/mol. The average Bonchev–Trinajstić information content (AvgIpc) is 2.30. The summed E-state index contributed by atoms with van der Waals surface area (Å²) in [4.78, 5) is 0. The minimum absolute atomic E-state index is 0.0658. The van der Waals surface area contributed by atoms with E-state index in [1.165, 1.54) is 13.8 Å². The highest BCUT2D eigenvalue weighted by Gasteiger charge is 2.49. The lowest BCUT2D eigenvalue weighted by atomic mass is 10.3. The topological polar surface area (TPSA) is 18.5 Å². The highest BCUT2D eigenvalue weighted by Crippen LogP contribution is 2.39. The van der Waals surface area contributed by atoms with Gasteiger partial charge in [0.2, 0.25) is 0 Å². The maximum absolute atomic E-state index is 13.5. The first-order valence-electron chi connectivity index (χ1n) is 5.28. The minimum Gasteiger partial charge on any atom is -0.490 e. The Morgan fingerprint density at radius 1 is 0.947 bits per heavy atom. The molecule has 108 valence electrons. The van der Waals surface area contributed by atoms with Gasteiger partial charge in [-0.1, -0.05) is 11.6 Å². The number of ether oxygens (including phenoxy) is 2. The summed E-state index contributed by atoms with van der Waals surface area (Å²) in [5.74, 6) is -5.33. The van der Waals surface area contributed by atoms with Crippen LogP contribution >= 0.6 is 11.6 Å². The quantitative estimate of drug-likeness (QED) is 0.358. The number of benzene rings is 1. The molecule has 1 aromatic carbocycles. The van der Waals surface area contributed by atoms with Gasteiger partial charge < -0.3 is 9.47 Å². The molecule has 0 radical (unpaired) electrons. The van der Waals surface area contributed by atoms with Crippen molar-refractivity contribution in [3.8, 4) is 11.5 Å². The summed E-state index contributed by atoms with van der Waals surface area (Å²) in [6.45, 7) is 2.65. The fourth-order valence-electron chi connectivity index (χ4n) is 1.43. The Morgan fingerprint density at radius 2 is 1.42 bits per heavy atom. The van der Waals surface area contributed by atoms with E-state index in [0.717, 1.165) is 0 Å². The molecule has 0 unspecified atom stereocenters. The van der Waals surface area contributed by atoms with E-state index in [-0.39, 0.29) is 13.2 Å². The number of halogens is 6. The highest BCUT2D eigenvalue weighted by molar-refractivity contribution is 6.74. The lowest BCUT2D eigenvalue weighted by Crippen LogP contribution is -2.39. The Balaban J connectivity index is 3.68. The summed E-state index contributed by atoms with van der Waals surface area (Å²) in [7, 11) is -6.65. The molecule has 1 rings (SSSR count). The first-order chi connectivity index (χ1) is 8.75. The van der Waals surface area contributed by atoms with Gasteiger partial charge in [-0.2, -0.15) is 0 Å². The Morgan fingerprint density at radius 3 is 1.84 bits per heavy atom. The van der Waals surface area contributed by atoms with Crippen molar-refractivity contribution in [2.75, 3.05) is 13.2 Å². The first kappa shape index (κ1) is 16.0. The van der Waals surface area contributed by atoms with Crippen LogP contribution in [0, 0.1) is 11.6 Å². The molecule has 0 saturated carbocycles. The Bertz CT molecular complexity index is 478. The van der Waals surface area contributed by atoms with Crippen molar-refractivity contribution in [3.05, 3.63) is 16.7 Å². The van der Waals surface area contributed by atoms with Crippen LogP contribution < -0.4 is 14.7 Å². The van der Waals surface area contributed by atoms with Crippen LogP contribution in [0.2, 0.25) is 5.02 Å². The van der Waals surface area contributed by atoms with Gasteiger partial charge in [0.1, 0.15) is 10.2 Å². The van der Waals surface area contributed by atoms with Crippen molar-refractivity contribution in [2.45, 2.75) is 13.8 Å². The maximum atomic E-state index is 13.5. The van der Waals surface area contributed by atoms with Crippen molar-refractivity contribution in [2.24, 2.45) is 0 Å². The minimum atomic E-state index is -6.65. The van der Waals surface area contributed by atoms with Crippen LogP contribution in [0.15, 0.2) is 0 Å². The molecule has 0 N–H and O–H groups in total. The van der Waals surface area contributed by atoms with Gasteiger partial charge in [0, 0.05) is 0 Å². The van der Waals surface area contributed by atoms with E-state index in [1.807, 2.05) is 0 Å². The fourth-order valence-corrected chi connectivity index (χ4v) is 2.45. The molecule has 0 amide bonds. The summed E-state index contributed by atoms with van der Waals surface area (Å²) in [6, 6.07) is 0. The van der Waals surface area contributed by atoms with Gasteiger partial charge in [-0.15, -0.1) is 0 Å². The van der Waals surface area contributed by atoms with Gasteiger partial charge in [0.05, 0.1) is 13.2 Å². The van der Waals surface area contributed by atoms with Crippen LogP contribution in [0.25, 0.3) is 0 Å². The Labute approximate surface area is 112 Å². The summed E-state index contributed by atoms with van der Waals surface area (Å²) in [5.41, 5.74) is 0. The summed E-state index contributed by atoms with van der Waals surface area (Å²) in [6.07, 6.45) is 0. The van der Waals surface area contributed by atoms with Gasteiger partial charge in [0.25, 0.3) is 0 Å². The molecule has 1 aromatic rings. The van der Waals surface area contributed by atoms with Crippen molar-refractivity contribution < 1.29 is 30.6 Å². The van der Waals surface area contributed by atoms with E-state index in [4.69, 9.17) is 21.1 Å². The second-order valence-electron chi connectivity index (χ2n) is 3.34. The molecule has 0 spiro atoms. The second-order valence-corrected chi connectivity index (χ2v) is 5.21. The van der Waals surface area contributed by atoms with Crippen LogP contribution in [0.4, 0.5) is 21.1 Å². The van der Waals surface area contributed by atoms with Gasteiger partial charge in [-0.05, 0) is 13.8 Å². The SMILES string of the molecule is CCOc1c(Cl)c(F)c(F)c([Si](F)(F)F)c1OCC. The zero-order valence-electron chi connectivity index (χ0n) is 10.00. The Kier molecular flexibility index (Phi) is 5.02. The van der Waals surface area contributed by atoms with Gasteiger partial charge in [-0.25, -0.2) is 21.1 Å². The lowest BCUT2D eigenvalue weighted by molar-refractivity contribution is 0.284. The third kappa shape index (κ3) is 3.11. The van der Waals surface area contributed by atoms with E-state index in [9.17, 15) is 21.1 Å². The van der Waals surface area contributed by atoms with Crippen LogP contribution in [0.5, 0.6) is 11.5 Å². The van der Waals surface area contributed by atoms with Crippen molar-refractivity contribution in [3.63, 3.8) is 0 Å². The van der Waals surface area contributed by atoms with Crippen LogP contribution in [0.1, 0.15) is 13.8 Å². The van der Waals surface area contributed by atoms with E-state index in [1.54, 1.807) is 0 Å². The smallest absolute Gasteiger partial charge is 0.490 e. The molecule has 0 heterocycles. The maximum Gasteiger partial charge on any atom is 0.660 e. The monoisotopic (exact) mass is 320 g/mol. The summed E-state index contributed by atoms with van der Waals surface area (Å²) in [5, 5.41) is -2.58. The molecule has 0 atom stereocenters. The molecule has 0 aromatic heterocycles. The molecule has 0 aliphatic heterocycles. The molecule has 19 heavy (non-hydrogen) atoms. The molecule has 0 fully saturated rings. The van der Waals surface area contributed by atoms with Gasteiger partial charge >= 0.3 is 9.08 Å². The van der Waals surface area contributed by atoms with Crippen molar-refractivity contribution in [1.82, 2.24) is 0 Å². The lowest BCUT2D eigenvalue weighted by Gasteiger charge is -2.18. The van der Waals surface area contributed by atoms with Gasteiger partial charge in [-0.3, -0.25) is 0 Å². The first-order valence-corrected chi connectivity index (χ1v) is 7.30. The number of hydrogen-bond donors (Lipinski definition) is 0. The molecule has 0 bridgehead atoms. The number of rotatable bonds is 5. The van der Waals surface area contributed by atoms with Crippen LogP contribution in [-0.2, 0) is 0 Å². The largest absolute Gasteiger partial charge is 0.660 e. The van der Waals surface area contributed by atoms with E-state index >= 15 is 0 Å². The van der Waals surface area contributed by atoms with Crippen LogP contribution in [-0.4, -0.2) is 22.3 Å². The van der Waals surface area contributed by atoms with Gasteiger partial charge in [0.15, 0.2) is 23.1 Å². The van der Waals surface area contributed by atoms with E-state index in [2.05, 4.69) is 0 Å².